The lowest BCUT2D eigenvalue weighted by Gasteiger charge is -2.21. The van der Waals surface area contributed by atoms with Crippen molar-refractivity contribution >= 4 is 11.7 Å². The average Bonchev–Trinajstić information content (AvgIpc) is 2.96. The van der Waals surface area contributed by atoms with Gasteiger partial charge >= 0.3 is 5.97 Å². The lowest BCUT2D eigenvalue weighted by atomic mass is 10.1. The fraction of sp³-hybridized carbons (Fsp3) is 0.500. The monoisotopic (exact) mass is 233 g/mol. The van der Waals surface area contributed by atoms with E-state index in [9.17, 15) is 4.79 Å². The van der Waals surface area contributed by atoms with E-state index in [2.05, 4.69) is 36.9 Å². The van der Waals surface area contributed by atoms with Crippen molar-refractivity contribution < 1.29 is 9.90 Å². The van der Waals surface area contributed by atoms with Crippen molar-refractivity contribution in [3.63, 3.8) is 0 Å². The lowest BCUT2D eigenvalue weighted by Crippen LogP contribution is -2.22. The Morgan fingerprint density at radius 2 is 2.18 bits per heavy atom. The summed E-state index contributed by atoms with van der Waals surface area (Å²) in [5, 5.41) is 8.88. The maximum absolute atomic E-state index is 10.8. The lowest BCUT2D eigenvalue weighted by molar-refractivity contribution is -0.138. The third kappa shape index (κ3) is 2.60. The molecule has 17 heavy (non-hydrogen) atoms. The van der Waals surface area contributed by atoms with E-state index in [1.54, 1.807) is 0 Å². The molecule has 92 valence electrons. The van der Waals surface area contributed by atoms with Gasteiger partial charge in [-0.25, -0.2) is 0 Å². The van der Waals surface area contributed by atoms with Crippen LogP contribution in [0.5, 0.6) is 0 Å². The minimum Gasteiger partial charge on any atom is -0.481 e. The van der Waals surface area contributed by atoms with Gasteiger partial charge < -0.3 is 10.0 Å². The second kappa shape index (κ2) is 4.40. The zero-order valence-electron chi connectivity index (χ0n) is 10.6. The summed E-state index contributed by atoms with van der Waals surface area (Å²) in [4.78, 5) is 13.0. The van der Waals surface area contributed by atoms with E-state index >= 15 is 0 Å². The quantitative estimate of drug-likeness (QED) is 0.868. The number of anilines is 1. The van der Waals surface area contributed by atoms with Gasteiger partial charge in [-0.15, -0.1) is 0 Å². The Balaban J connectivity index is 2.01. The third-order valence-electron chi connectivity index (χ3n) is 3.51. The molecule has 1 aliphatic carbocycles. The van der Waals surface area contributed by atoms with Crippen molar-refractivity contribution in [3.05, 3.63) is 29.3 Å². The molecule has 2 atom stereocenters. The van der Waals surface area contributed by atoms with Crippen LogP contribution in [0.4, 0.5) is 5.69 Å². The van der Waals surface area contributed by atoms with E-state index in [1.165, 1.54) is 16.8 Å². The number of rotatable bonds is 4. The van der Waals surface area contributed by atoms with Crippen molar-refractivity contribution in [1.82, 2.24) is 0 Å². The first kappa shape index (κ1) is 12.0. The van der Waals surface area contributed by atoms with Crippen molar-refractivity contribution in [2.24, 2.45) is 11.8 Å². The molecule has 0 aliphatic heterocycles. The first-order chi connectivity index (χ1) is 7.99. The summed E-state index contributed by atoms with van der Waals surface area (Å²) in [6.07, 6.45) is 0.824. The molecule has 3 heteroatoms. The highest BCUT2D eigenvalue weighted by Crippen LogP contribution is 2.39. The fourth-order valence-corrected chi connectivity index (χ4v) is 2.44. The second-order valence-electron chi connectivity index (χ2n) is 5.11. The number of nitrogens with zero attached hydrogens (tertiary/aromatic N) is 1. The summed E-state index contributed by atoms with van der Waals surface area (Å²) in [7, 11) is 2.04. The highest BCUT2D eigenvalue weighted by atomic mass is 16.4. The van der Waals surface area contributed by atoms with Crippen LogP contribution in [-0.4, -0.2) is 24.7 Å². The molecule has 2 rings (SSSR count). The molecule has 1 fully saturated rings. The van der Waals surface area contributed by atoms with Gasteiger partial charge in [0.15, 0.2) is 0 Å². The van der Waals surface area contributed by atoms with E-state index in [-0.39, 0.29) is 5.92 Å². The molecular weight excluding hydrogens is 214 g/mol. The molecule has 0 amide bonds. The number of benzene rings is 1. The van der Waals surface area contributed by atoms with Gasteiger partial charge in [0.2, 0.25) is 0 Å². The normalized spacial score (nSPS) is 22.3. The molecule has 2 unspecified atom stereocenters. The Kier molecular flexibility index (Phi) is 3.09. The molecule has 0 saturated heterocycles. The Morgan fingerprint density at radius 3 is 2.71 bits per heavy atom. The number of aryl methyl sites for hydroxylation is 2. The van der Waals surface area contributed by atoms with E-state index in [0.29, 0.717) is 5.92 Å². The van der Waals surface area contributed by atoms with Crippen LogP contribution in [0, 0.1) is 25.7 Å². The highest BCUT2D eigenvalue weighted by Gasteiger charge is 2.43. The third-order valence-corrected chi connectivity index (χ3v) is 3.51. The molecule has 0 bridgehead atoms. The summed E-state index contributed by atoms with van der Waals surface area (Å²) < 4.78 is 0. The largest absolute Gasteiger partial charge is 0.481 e. The van der Waals surface area contributed by atoms with Gasteiger partial charge in [-0.05, 0) is 37.8 Å². The predicted octanol–water partition coefficient (Wildman–Crippen LogP) is 2.46. The van der Waals surface area contributed by atoms with Gasteiger partial charge in [-0.3, -0.25) is 4.79 Å². The molecule has 1 aromatic rings. The topological polar surface area (TPSA) is 40.5 Å². The molecule has 1 aliphatic rings. The van der Waals surface area contributed by atoms with Gasteiger partial charge in [0.25, 0.3) is 0 Å². The Bertz CT molecular complexity index is 442. The van der Waals surface area contributed by atoms with E-state index in [0.717, 1.165) is 13.0 Å². The molecule has 1 N–H and O–H groups in total. The van der Waals surface area contributed by atoms with Gasteiger partial charge in [0.1, 0.15) is 0 Å². The number of hydrogen-bond donors (Lipinski definition) is 1. The van der Waals surface area contributed by atoms with E-state index in [4.69, 9.17) is 5.11 Å². The van der Waals surface area contributed by atoms with E-state index < -0.39 is 5.97 Å². The van der Waals surface area contributed by atoms with Crippen LogP contribution < -0.4 is 4.90 Å². The summed E-state index contributed by atoms with van der Waals surface area (Å²) >= 11 is 0. The van der Waals surface area contributed by atoms with E-state index in [1.807, 2.05) is 7.05 Å². The summed E-state index contributed by atoms with van der Waals surface area (Å²) in [6, 6.07) is 6.37. The van der Waals surface area contributed by atoms with Crippen LogP contribution in [0.2, 0.25) is 0 Å². The number of carbonyl (C=O) groups is 1. The van der Waals surface area contributed by atoms with Gasteiger partial charge in [-0.2, -0.15) is 0 Å². The van der Waals surface area contributed by atoms with Crippen LogP contribution in [0.1, 0.15) is 17.5 Å². The minimum absolute atomic E-state index is 0.122. The number of carboxylic acids is 1. The van der Waals surface area contributed by atoms with Gasteiger partial charge in [0, 0.05) is 19.3 Å². The molecule has 1 saturated carbocycles. The Labute approximate surface area is 102 Å². The number of hydrogen-bond acceptors (Lipinski definition) is 2. The smallest absolute Gasteiger partial charge is 0.306 e. The molecule has 1 aromatic carbocycles. The molecule has 0 aromatic heterocycles. The summed E-state index contributed by atoms with van der Waals surface area (Å²) in [5.74, 6) is -0.453. The Morgan fingerprint density at radius 1 is 1.47 bits per heavy atom. The zero-order valence-corrected chi connectivity index (χ0v) is 10.6. The molecule has 0 heterocycles. The molecule has 0 spiro atoms. The number of aliphatic carboxylic acids is 1. The van der Waals surface area contributed by atoms with Crippen molar-refractivity contribution in [1.29, 1.82) is 0 Å². The van der Waals surface area contributed by atoms with Crippen LogP contribution >= 0.6 is 0 Å². The summed E-state index contributed by atoms with van der Waals surface area (Å²) in [5.41, 5.74) is 3.71. The molecular formula is C14H19NO2. The van der Waals surface area contributed by atoms with Crippen LogP contribution in [0.25, 0.3) is 0 Å². The second-order valence-corrected chi connectivity index (χ2v) is 5.11. The Hall–Kier alpha value is -1.51. The highest BCUT2D eigenvalue weighted by molar-refractivity contribution is 5.73. The van der Waals surface area contributed by atoms with Gasteiger partial charge in [0.05, 0.1) is 5.92 Å². The average molecular weight is 233 g/mol. The van der Waals surface area contributed by atoms with Crippen molar-refractivity contribution in [3.8, 4) is 0 Å². The maximum Gasteiger partial charge on any atom is 0.306 e. The number of carboxylic acid groups (broad SMARTS) is 1. The fourth-order valence-electron chi connectivity index (χ4n) is 2.44. The van der Waals surface area contributed by atoms with Crippen LogP contribution in [0.3, 0.4) is 0 Å². The molecule has 3 nitrogen and oxygen atoms in total. The van der Waals surface area contributed by atoms with Crippen molar-refractivity contribution in [2.45, 2.75) is 20.3 Å². The van der Waals surface area contributed by atoms with Crippen LogP contribution in [-0.2, 0) is 4.79 Å². The SMILES string of the molecule is Cc1ccc(N(C)CC2CC2C(=O)O)c(C)c1. The minimum atomic E-state index is -0.649. The first-order valence-electron chi connectivity index (χ1n) is 6.00. The summed E-state index contributed by atoms with van der Waals surface area (Å²) in [6.45, 7) is 5.01. The standard InChI is InChI=1S/C14H19NO2/c1-9-4-5-13(10(2)6-9)15(3)8-11-7-12(11)14(16)17/h4-6,11-12H,7-8H2,1-3H3,(H,16,17). The van der Waals surface area contributed by atoms with Crippen molar-refractivity contribution in [2.75, 3.05) is 18.5 Å². The maximum atomic E-state index is 10.8. The zero-order chi connectivity index (χ0) is 12.6. The first-order valence-corrected chi connectivity index (χ1v) is 6.00. The van der Waals surface area contributed by atoms with Gasteiger partial charge in [-0.1, -0.05) is 17.7 Å². The van der Waals surface area contributed by atoms with Crippen LogP contribution in [0.15, 0.2) is 18.2 Å². The molecule has 0 radical (unpaired) electrons. The predicted molar refractivity (Wildman–Crippen MR) is 68.4 cm³/mol.